The van der Waals surface area contributed by atoms with Crippen molar-refractivity contribution in [1.29, 1.82) is 0 Å². The Bertz CT molecular complexity index is 213. The molecule has 0 amide bonds. The van der Waals surface area contributed by atoms with Crippen LogP contribution in [-0.2, 0) is 0 Å². The van der Waals surface area contributed by atoms with E-state index >= 15 is 0 Å². The van der Waals surface area contributed by atoms with E-state index < -0.39 is 0 Å². The van der Waals surface area contributed by atoms with Crippen LogP contribution in [0.5, 0.6) is 0 Å². The molecule has 2 heteroatoms. The lowest BCUT2D eigenvalue weighted by Crippen LogP contribution is -2.43. The summed E-state index contributed by atoms with van der Waals surface area (Å²) in [6.07, 6.45) is 14.1. The van der Waals surface area contributed by atoms with E-state index in [1.165, 1.54) is 70.8 Å². The van der Waals surface area contributed by atoms with E-state index in [9.17, 15) is 0 Å². The Balaban J connectivity index is 1.87. The molecule has 0 aromatic heterocycles. The van der Waals surface area contributed by atoms with Crippen molar-refractivity contribution in [1.82, 2.24) is 4.90 Å². The molecule has 0 aromatic carbocycles. The maximum atomic E-state index is 6.05. The highest BCUT2D eigenvalue weighted by Gasteiger charge is 2.34. The molecular formula is C15H30N2. The third-order valence-corrected chi connectivity index (χ3v) is 5.13. The molecule has 0 aliphatic heterocycles. The maximum absolute atomic E-state index is 6.05. The predicted octanol–water partition coefficient (Wildman–Crippen LogP) is 3.16. The van der Waals surface area contributed by atoms with Gasteiger partial charge in [-0.15, -0.1) is 0 Å². The lowest BCUT2D eigenvalue weighted by atomic mass is 9.85. The van der Waals surface area contributed by atoms with Crippen LogP contribution in [0.3, 0.4) is 0 Å². The Morgan fingerprint density at radius 2 is 1.59 bits per heavy atom. The van der Waals surface area contributed by atoms with Crippen LogP contribution in [0.25, 0.3) is 0 Å². The molecule has 0 aromatic rings. The Kier molecular flexibility index (Phi) is 4.87. The first-order chi connectivity index (χ1) is 8.26. The van der Waals surface area contributed by atoms with Gasteiger partial charge < -0.3 is 10.6 Å². The molecule has 2 N–H and O–H groups in total. The van der Waals surface area contributed by atoms with Crippen molar-refractivity contribution < 1.29 is 0 Å². The van der Waals surface area contributed by atoms with E-state index in [4.69, 9.17) is 5.73 Å². The van der Waals surface area contributed by atoms with Crippen LogP contribution in [0, 0.1) is 5.41 Å². The quantitative estimate of drug-likeness (QED) is 0.762. The first-order valence-corrected chi connectivity index (χ1v) is 7.66. The Labute approximate surface area is 107 Å². The van der Waals surface area contributed by atoms with Gasteiger partial charge in [0, 0.05) is 12.6 Å². The smallest absolute Gasteiger partial charge is 0.00924 e. The summed E-state index contributed by atoms with van der Waals surface area (Å²) in [5.41, 5.74) is 6.51. The Morgan fingerprint density at radius 3 is 2.12 bits per heavy atom. The molecule has 0 heterocycles. The van der Waals surface area contributed by atoms with Gasteiger partial charge in [-0.3, -0.25) is 0 Å². The van der Waals surface area contributed by atoms with Gasteiger partial charge in [0.25, 0.3) is 0 Å². The van der Waals surface area contributed by atoms with Crippen molar-refractivity contribution in [2.24, 2.45) is 11.1 Å². The molecule has 2 aliphatic carbocycles. The summed E-state index contributed by atoms with van der Waals surface area (Å²) in [6.45, 7) is 2.14. The molecule has 0 saturated heterocycles. The van der Waals surface area contributed by atoms with Crippen LogP contribution in [0.1, 0.15) is 64.2 Å². The number of hydrogen-bond donors (Lipinski definition) is 1. The van der Waals surface area contributed by atoms with Gasteiger partial charge in [0.1, 0.15) is 0 Å². The average molecular weight is 238 g/mol. The summed E-state index contributed by atoms with van der Waals surface area (Å²) in [6, 6.07) is 0.835. The summed E-state index contributed by atoms with van der Waals surface area (Å²) >= 11 is 0. The summed E-state index contributed by atoms with van der Waals surface area (Å²) < 4.78 is 0. The highest BCUT2D eigenvalue weighted by molar-refractivity contribution is 4.89. The van der Waals surface area contributed by atoms with E-state index in [-0.39, 0.29) is 0 Å². The van der Waals surface area contributed by atoms with E-state index in [0.717, 1.165) is 12.6 Å². The lowest BCUT2D eigenvalue weighted by Gasteiger charge is -2.36. The van der Waals surface area contributed by atoms with Crippen LogP contribution in [-0.4, -0.2) is 31.1 Å². The third-order valence-electron chi connectivity index (χ3n) is 5.13. The van der Waals surface area contributed by atoms with Gasteiger partial charge >= 0.3 is 0 Å². The van der Waals surface area contributed by atoms with Crippen LogP contribution in [0.2, 0.25) is 0 Å². The molecule has 2 nitrogen and oxygen atoms in total. The van der Waals surface area contributed by atoms with E-state index in [2.05, 4.69) is 11.9 Å². The first kappa shape index (κ1) is 13.4. The number of nitrogens with zero attached hydrogens (tertiary/aromatic N) is 1. The average Bonchev–Trinajstić information content (AvgIpc) is 2.64. The van der Waals surface area contributed by atoms with Crippen LogP contribution in [0.15, 0.2) is 0 Å². The van der Waals surface area contributed by atoms with Gasteiger partial charge in [-0.2, -0.15) is 0 Å². The second kappa shape index (κ2) is 6.19. The van der Waals surface area contributed by atoms with Crippen molar-refractivity contribution in [3.8, 4) is 0 Å². The second-order valence-electron chi connectivity index (χ2n) is 6.47. The molecule has 2 saturated carbocycles. The zero-order chi connectivity index (χ0) is 12.1. The number of rotatable bonds is 4. The van der Waals surface area contributed by atoms with E-state index in [0.29, 0.717) is 5.41 Å². The van der Waals surface area contributed by atoms with E-state index in [1.54, 1.807) is 0 Å². The second-order valence-corrected chi connectivity index (χ2v) is 6.47. The summed E-state index contributed by atoms with van der Waals surface area (Å²) in [5, 5.41) is 0. The fourth-order valence-corrected chi connectivity index (χ4v) is 3.91. The van der Waals surface area contributed by atoms with Crippen LogP contribution in [0.4, 0.5) is 0 Å². The standard InChI is InChI=1S/C15H30N2/c1-17(14-8-4-2-3-5-9-14)13-15(12-16)10-6-7-11-15/h14H,2-13,16H2,1H3. The molecule has 0 spiro atoms. The molecule has 0 unspecified atom stereocenters. The normalized spacial score (nSPS) is 26.3. The summed E-state index contributed by atoms with van der Waals surface area (Å²) in [5.74, 6) is 0. The highest BCUT2D eigenvalue weighted by Crippen LogP contribution is 2.38. The van der Waals surface area contributed by atoms with Gasteiger partial charge in [0.2, 0.25) is 0 Å². The van der Waals surface area contributed by atoms with Crippen LogP contribution >= 0.6 is 0 Å². The van der Waals surface area contributed by atoms with Gasteiger partial charge in [0.05, 0.1) is 0 Å². The van der Waals surface area contributed by atoms with Gasteiger partial charge in [0.15, 0.2) is 0 Å². The number of hydrogen-bond acceptors (Lipinski definition) is 2. The third kappa shape index (κ3) is 3.45. The molecule has 17 heavy (non-hydrogen) atoms. The minimum absolute atomic E-state index is 0.459. The van der Waals surface area contributed by atoms with Gasteiger partial charge in [-0.1, -0.05) is 38.5 Å². The van der Waals surface area contributed by atoms with Gasteiger partial charge in [-0.25, -0.2) is 0 Å². The summed E-state index contributed by atoms with van der Waals surface area (Å²) in [4.78, 5) is 2.64. The van der Waals surface area contributed by atoms with Crippen LogP contribution < -0.4 is 5.73 Å². The van der Waals surface area contributed by atoms with Crippen molar-refractivity contribution in [3.63, 3.8) is 0 Å². The highest BCUT2D eigenvalue weighted by atomic mass is 15.1. The van der Waals surface area contributed by atoms with Crippen molar-refractivity contribution in [2.45, 2.75) is 70.3 Å². The monoisotopic (exact) mass is 238 g/mol. The largest absolute Gasteiger partial charge is 0.330 e. The lowest BCUT2D eigenvalue weighted by molar-refractivity contribution is 0.133. The number of nitrogens with two attached hydrogens (primary N) is 1. The fourth-order valence-electron chi connectivity index (χ4n) is 3.91. The molecule has 0 atom stereocenters. The topological polar surface area (TPSA) is 29.3 Å². The molecule has 2 rings (SSSR count). The maximum Gasteiger partial charge on any atom is 0.00924 e. The molecular weight excluding hydrogens is 208 g/mol. The zero-order valence-corrected chi connectivity index (χ0v) is 11.6. The minimum Gasteiger partial charge on any atom is -0.330 e. The first-order valence-electron chi connectivity index (χ1n) is 7.66. The SMILES string of the molecule is CN(CC1(CN)CCCC1)C1CCCCCC1. The predicted molar refractivity (Wildman–Crippen MR) is 74.1 cm³/mol. The molecule has 2 fully saturated rings. The van der Waals surface area contributed by atoms with E-state index in [1.807, 2.05) is 0 Å². The molecule has 0 radical (unpaired) electrons. The molecule has 100 valence electrons. The minimum atomic E-state index is 0.459. The zero-order valence-electron chi connectivity index (χ0n) is 11.6. The van der Waals surface area contributed by atoms with Crippen molar-refractivity contribution >= 4 is 0 Å². The van der Waals surface area contributed by atoms with Crippen molar-refractivity contribution in [3.05, 3.63) is 0 Å². The fraction of sp³-hybridized carbons (Fsp3) is 1.00. The Hall–Kier alpha value is -0.0800. The van der Waals surface area contributed by atoms with Crippen molar-refractivity contribution in [2.75, 3.05) is 20.1 Å². The Morgan fingerprint density at radius 1 is 1.00 bits per heavy atom. The summed E-state index contributed by atoms with van der Waals surface area (Å²) in [7, 11) is 2.34. The molecule has 2 aliphatic rings. The van der Waals surface area contributed by atoms with Gasteiger partial charge in [-0.05, 0) is 44.7 Å². The molecule has 0 bridgehead atoms.